The predicted octanol–water partition coefficient (Wildman–Crippen LogP) is 0.622. The fourth-order valence-corrected chi connectivity index (χ4v) is 2.44. The molecule has 0 saturated heterocycles. The summed E-state index contributed by atoms with van der Waals surface area (Å²) in [5, 5.41) is 8.70. The molecule has 3 fully saturated rings. The first kappa shape index (κ1) is 8.81. The van der Waals surface area contributed by atoms with Crippen LogP contribution in [0.2, 0.25) is 0 Å². The lowest BCUT2D eigenvalue weighted by atomic mass is 9.35. The van der Waals surface area contributed by atoms with E-state index in [2.05, 4.69) is 0 Å². The van der Waals surface area contributed by atoms with Crippen LogP contribution < -0.4 is 5.73 Å². The number of nitrogens with two attached hydrogens (primary N) is 1. The molecule has 2 bridgehead atoms. The third kappa shape index (κ3) is 0.811. The van der Waals surface area contributed by atoms with Crippen LogP contribution in [0.5, 0.6) is 0 Å². The van der Waals surface area contributed by atoms with Crippen molar-refractivity contribution < 1.29 is 9.90 Å². The maximum absolute atomic E-state index is 10.6. The molecule has 3 rings (SSSR count). The minimum absolute atomic E-state index is 0. The van der Waals surface area contributed by atoms with E-state index in [0.29, 0.717) is 6.54 Å². The number of carboxylic acid groups (broad SMARTS) is 1. The van der Waals surface area contributed by atoms with Crippen molar-refractivity contribution in [1.29, 1.82) is 0 Å². The van der Waals surface area contributed by atoms with E-state index in [1.165, 1.54) is 0 Å². The van der Waals surface area contributed by atoms with Gasteiger partial charge in [0.05, 0.1) is 5.41 Å². The molecule has 11 heavy (non-hydrogen) atoms. The van der Waals surface area contributed by atoms with E-state index in [0.717, 1.165) is 19.3 Å². The largest absolute Gasteiger partial charge is 0.481 e. The van der Waals surface area contributed by atoms with Crippen molar-refractivity contribution in [2.75, 3.05) is 6.54 Å². The first-order chi connectivity index (χ1) is 4.63. The molecule has 0 aromatic rings. The molecule has 0 atom stereocenters. The van der Waals surface area contributed by atoms with Gasteiger partial charge in [0.25, 0.3) is 0 Å². The van der Waals surface area contributed by atoms with Gasteiger partial charge in [-0.15, -0.1) is 12.4 Å². The second kappa shape index (κ2) is 2.11. The van der Waals surface area contributed by atoms with Crippen LogP contribution in [0.25, 0.3) is 0 Å². The zero-order valence-electron chi connectivity index (χ0n) is 6.17. The summed E-state index contributed by atoms with van der Waals surface area (Å²) >= 11 is 0. The Balaban J connectivity index is 0.000000605. The van der Waals surface area contributed by atoms with Crippen LogP contribution in [0.4, 0.5) is 0 Å². The summed E-state index contributed by atoms with van der Waals surface area (Å²) in [6.07, 6.45) is 2.48. The van der Waals surface area contributed by atoms with Crippen molar-refractivity contribution in [2.24, 2.45) is 16.6 Å². The number of hydrogen-bond donors (Lipinski definition) is 2. The van der Waals surface area contributed by atoms with Gasteiger partial charge >= 0.3 is 5.97 Å². The number of aliphatic carboxylic acids is 1. The molecule has 3 saturated carbocycles. The van der Waals surface area contributed by atoms with Crippen LogP contribution in [0.1, 0.15) is 19.3 Å². The highest BCUT2D eigenvalue weighted by atomic mass is 35.5. The molecule has 0 spiro atoms. The molecule has 0 aliphatic heterocycles. The molecule has 3 nitrogen and oxygen atoms in total. The van der Waals surface area contributed by atoms with Crippen LogP contribution in [-0.4, -0.2) is 17.6 Å². The highest BCUT2D eigenvalue weighted by Gasteiger charge is 2.71. The van der Waals surface area contributed by atoms with E-state index in [9.17, 15) is 4.79 Å². The Hall–Kier alpha value is -0.280. The maximum atomic E-state index is 10.6. The van der Waals surface area contributed by atoms with Gasteiger partial charge in [0, 0.05) is 0 Å². The van der Waals surface area contributed by atoms with Crippen molar-refractivity contribution >= 4 is 18.4 Å². The minimum Gasteiger partial charge on any atom is -0.481 e. The van der Waals surface area contributed by atoms with Gasteiger partial charge in [-0.1, -0.05) is 0 Å². The fourth-order valence-electron chi connectivity index (χ4n) is 2.44. The molecule has 0 heterocycles. The van der Waals surface area contributed by atoms with Crippen LogP contribution in [0, 0.1) is 10.8 Å². The summed E-state index contributed by atoms with van der Waals surface area (Å²) in [4.78, 5) is 10.6. The molecule has 0 aromatic heterocycles. The van der Waals surface area contributed by atoms with Crippen LogP contribution in [-0.2, 0) is 4.79 Å². The van der Waals surface area contributed by atoms with Gasteiger partial charge in [-0.05, 0) is 31.2 Å². The van der Waals surface area contributed by atoms with Gasteiger partial charge < -0.3 is 10.8 Å². The second-order valence-corrected chi connectivity index (χ2v) is 3.82. The van der Waals surface area contributed by atoms with Gasteiger partial charge in [0.1, 0.15) is 0 Å². The Morgan fingerprint density at radius 1 is 1.45 bits per heavy atom. The lowest BCUT2D eigenvalue weighted by Gasteiger charge is -2.68. The van der Waals surface area contributed by atoms with Crippen molar-refractivity contribution in [1.82, 2.24) is 0 Å². The summed E-state index contributed by atoms with van der Waals surface area (Å²) in [7, 11) is 0. The molecule has 0 unspecified atom stereocenters. The Labute approximate surface area is 71.4 Å². The van der Waals surface area contributed by atoms with E-state index in [1.807, 2.05) is 0 Å². The number of carboxylic acids is 1. The van der Waals surface area contributed by atoms with Crippen molar-refractivity contribution in [3.05, 3.63) is 0 Å². The first-order valence-electron chi connectivity index (χ1n) is 3.56. The topological polar surface area (TPSA) is 63.3 Å². The predicted molar refractivity (Wildman–Crippen MR) is 42.7 cm³/mol. The molecule has 3 aliphatic carbocycles. The average molecular weight is 178 g/mol. The average Bonchev–Trinajstić information content (AvgIpc) is 1.57. The molecule has 0 radical (unpaired) electrons. The van der Waals surface area contributed by atoms with Crippen molar-refractivity contribution in [3.63, 3.8) is 0 Å². The Bertz CT molecular complexity index is 185. The fraction of sp³-hybridized carbons (Fsp3) is 0.857. The van der Waals surface area contributed by atoms with Crippen molar-refractivity contribution in [3.8, 4) is 0 Å². The lowest BCUT2D eigenvalue weighted by molar-refractivity contribution is -0.218. The van der Waals surface area contributed by atoms with E-state index >= 15 is 0 Å². The molecule has 3 N–H and O–H groups in total. The molecule has 4 heteroatoms. The quantitative estimate of drug-likeness (QED) is 0.650. The molecule has 64 valence electrons. The molecular weight excluding hydrogens is 166 g/mol. The number of carbonyl (C=O) groups is 1. The SMILES string of the molecule is Cl.NCC12CC(C(=O)O)(C1)C2. The maximum Gasteiger partial charge on any atom is 0.309 e. The zero-order valence-corrected chi connectivity index (χ0v) is 6.99. The van der Waals surface area contributed by atoms with Crippen LogP contribution >= 0.6 is 12.4 Å². The molecular formula is C7H12ClNO2. The lowest BCUT2D eigenvalue weighted by Crippen LogP contribution is -2.67. The van der Waals surface area contributed by atoms with Gasteiger partial charge in [-0.2, -0.15) is 0 Å². The van der Waals surface area contributed by atoms with Crippen LogP contribution in [0.15, 0.2) is 0 Å². The van der Waals surface area contributed by atoms with E-state index in [1.54, 1.807) is 0 Å². The zero-order chi connectivity index (χ0) is 7.41. The van der Waals surface area contributed by atoms with E-state index in [-0.39, 0.29) is 23.2 Å². The van der Waals surface area contributed by atoms with E-state index < -0.39 is 5.97 Å². The van der Waals surface area contributed by atoms with Gasteiger partial charge in [-0.3, -0.25) is 4.79 Å². The smallest absolute Gasteiger partial charge is 0.309 e. The summed E-state index contributed by atoms with van der Waals surface area (Å²) in [5.41, 5.74) is 5.39. The first-order valence-corrected chi connectivity index (χ1v) is 3.56. The summed E-state index contributed by atoms with van der Waals surface area (Å²) in [6.45, 7) is 0.669. The number of rotatable bonds is 2. The number of hydrogen-bond acceptors (Lipinski definition) is 2. The monoisotopic (exact) mass is 177 g/mol. The van der Waals surface area contributed by atoms with Gasteiger partial charge in [-0.25, -0.2) is 0 Å². The van der Waals surface area contributed by atoms with E-state index in [4.69, 9.17) is 10.8 Å². The second-order valence-electron chi connectivity index (χ2n) is 3.82. The Morgan fingerprint density at radius 2 is 1.91 bits per heavy atom. The summed E-state index contributed by atoms with van der Waals surface area (Å²) in [5.74, 6) is -0.622. The molecule has 0 amide bonds. The van der Waals surface area contributed by atoms with Gasteiger partial charge in [0.2, 0.25) is 0 Å². The molecule has 0 aromatic carbocycles. The highest BCUT2D eigenvalue weighted by Crippen LogP contribution is 2.72. The van der Waals surface area contributed by atoms with Crippen LogP contribution in [0.3, 0.4) is 0 Å². The third-order valence-corrected chi connectivity index (χ3v) is 3.03. The van der Waals surface area contributed by atoms with Gasteiger partial charge in [0.15, 0.2) is 0 Å². The summed E-state index contributed by atoms with van der Waals surface area (Å²) < 4.78 is 0. The highest BCUT2D eigenvalue weighted by molar-refractivity contribution is 5.85. The van der Waals surface area contributed by atoms with Crippen molar-refractivity contribution in [2.45, 2.75) is 19.3 Å². The minimum atomic E-state index is -0.622. The molecule has 3 aliphatic rings. The standard InChI is InChI=1S/C7H11NO2.ClH/c8-4-6-1-7(2-6,3-6)5(9)10;/h1-4,8H2,(H,9,10);1H. The number of halogens is 1. The Morgan fingerprint density at radius 3 is 2.18 bits per heavy atom. The third-order valence-electron chi connectivity index (χ3n) is 3.03. The Kier molecular flexibility index (Phi) is 1.69. The normalized spacial score (nSPS) is 44.8. The summed E-state index contributed by atoms with van der Waals surface area (Å²) in [6, 6.07) is 0.